The Morgan fingerprint density at radius 1 is 1.00 bits per heavy atom. The number of nitrogens with one attached hydrogen (secondary N) is 1. The molecule has 0 saturated heterocycles. The lowest BCUT2D eigenvalue weighted by atomic mass is 10.1. The maximum absolute atomic E-state index is 3.50. The summed E-state index contributed by atoms with van der Waals surface area (Å²) in [6.07, 6.45) is 3.95. The van der Waals surface area contributed by atoms with Gasteiger partial charge >= 0.3 is 0 Å². The summed E-state index contributed by atoms with van der Waals surface area (Å²) in [5.41, 5.74) is 0.279. The molecule has 0 amide bonds. The van der Waals surface area contributed by atoms with Crippen LogP contribution in [-0.4, -0.2) is 37.6 Å². The number of hydrogen-bond donors (Lipinski definition) is 1. The molecule has 0 saturated carbocycles. The Bertz CT molecular complexity index is 114. The van der Waals surface area contributed by atoms with Crippen LogP contribution in [0.1, 0.15) is 40.0 Å². The second-order valence-corrected chi connectivity index (χ2v) is 5.04. The van der Waals surface area contributed by atoms with Crippen molar-refractivity contribution in [1.82, 2.24) is 10.2 Å². The van der Waals surface area contributed by atoms with Gasteiger partial charge in [0.05, 0.1) is 0 Å². The summed E-state index contributed by atoms with van der Waals surface area (Å²) >= 11 is 0. The monoisotopic (exact) mass is 186 g/mol. The van der Waals surface area contributed by atoms with Crippen molar-refractivity contribution in [1.29, 1.82) is 0 Å². The average Bonchev–Trinajstić information content (AvgIpc) is 1.93. The van der Waals surface area contributed by atoms with Gasteiger partial charge in [0.15, 0.2) is 0 Å². The highest BCUT2D eigenvalue weighted by Gasteiger charge is 2.06. The summed E-state index contributed by atoms with van der Waals surface area (Å²) in [4.78, 5) is 2.25. The third-order valence-electron chi connectivity index (χ3n) is 1.94. The lowest BCUT2D eigenvalue weighted by Gasteiger charge is -2.20. The third-order valence-corrected chi connectivity index (χ3v) is 1.94. The maximum atomic E-state index is 3.50. The zero-order valence-corrected chi connectivity index (χ0v) is 9.98. The fourth-order valence-corrected chi connectivity index (χ4v) is 1.19. The van der Waals surface area contributed by atoms with Crippen molar-refractivity contribution in [3.8, 4) is 0 Å². The summed E-state index contributed by atoms with van der Waals surface area (Å²) < 4.78 is 0. The first kappa shape index (κ1) is 12.9. The van der Waals surface area contributed by atoms with Crippen LogP contribution in [0.2, 0.25) is 0 Å². The van der Waals surface area contributed by atoms with Gasteiger partial charge in [-0.3, -0.25) is 0 Å². The van der Waals surface area contributed by atoms with Crippen molar-refractivity contribution < 1.29 is 0 Å². The second-order valence-electron chi connectivity index (χ2n) is 5.04. The zero-order valence-electron chi connectivity index (χ0n) is 9.98. The smallest absolute Gasteiger partial charge is 0.00965 e. The number of rotatable bonds is 6. The van der Waals surface area contributed by atoms with Crippen LogP contribution in [0.5, 0.6) is 0 Å². The minimum Gasteiger partial charge on any atom is -0.312 e. The van der Waals surface area contributed by atoms with Crippen LogP contribution in [0.3, 0.4) is 0 Å². The molecule has 0 rings (SSSR count). The molecule has 0 atom stereocenters. The standard InChI is InChI=1S/C11H26N2/c1-11(2,3)12-9-7-6-8-10-13(4)5/h12H,6-10H2,1-5H3. The predicted octanol–water partition coefficient (Wildman–Crippen LogP) is 2.11. The predicted molar refractivity (Wildman–Crippen MR) is 60.2 cm³/mol. The van der Waals surface area contributed by atoms with Gasteiger partial charge in [0.2, 0.25) is 0 Å². The molecule has 1 N–H and O–H groups in total. The van der Waals surface area contributed by atoms with E-state index in [-0.39, 0.29) is 5.54 Å². The van der Waals surface area contributed by atoms with E-state index in [1.807, 2.05) is 0 Å². The van der Waals surface area contributed by atoms with Crippen molar-refractivity contribution in [2.45, 2.75) is 45.6 Å². The van der Waals surface area contributed by atoms with Gasteiger partial charge in [-0.25, -0.2) is 0 Å². The van der Waals surface area contributed by atoms with E-state index < -0.39 is 0 Å². The highest BCUT2D eigenvalue weighted by Crippen LogP contribution is 2.00. The van der Waals surface area contributed by atoms with Crippen molar-refractivity contribution >= 4 is 0 Å². The molecule has 0 radical (unpaired) electrons. The average molecular weight is 186 g/mol. The Morgan fingerprint density at radius 3 is 2.08 bits per heavy atom. The molecule has 0 spiro atoms. The Labute approximate surface area is 83.7 Å². The molecule has 2 heteroatoms. The minimum absolute atomic E-state index is 0.279. The van der Waals surface area contributed by atoms with Crippen LogP contribution in [0.15, 0.2) is 0 Å². The van der Waals surface area contributed by atoms with E-state index in [1.54, 1.807) is 0 Å². The molecule has 0 aliphatic heterocycles. The molecule has 0 aliphatic rings. The van der Waals surface area contributed by atoms with E-state index >= 15 is 0 Å². The van der Waals surface area contributed by atoms with Gasteiger partial charge in [-0.2, -0.15) is 0 Å². The lowest BCUT2D eigenvalue weighted by Crippen LogP contribution is -2.36. The van der Waals surface area contributed by atoms with Crippen molar-refractivity contribution in [2.75, 3.05) is 27.2 Å². The number of unbranched alkanes of at least 4 members (excludes halogenated alkanes) is 2. The first-order valence-electron chi connectivity index (χ1n) is 5.31. The van der Waals surface area contributed by atoms with E-state index in [0.29, 0.717) is 0 Å². The molecule has 0 bridgehead atoms. The van der Waals surface area contributed by atoms with Crippen molar-refractivity contribution in [3.05, 3.63) is 0 Å². The molecule has 0 unspecified atom stereocenters. The van der Waals surface area contributed by atoms with Gasteiger partial charge in [-0.15, -0.1) is 0 Å². The van der Waals surface area contributed by atoms with Gasteiger partial charge in [-0.1, -0.05) is 6.42 Å². The van der Waals surface area contributed by atoms with E-state index in [9.17, 15) is 0 Å². The van der Waals surface area contributed by atoms with Crippen LogP contribution >= 0.6 is 0 Å². The van der Waals surface area contributed by atoms with E-state index in [1.165, 1.54) is 25.8 Å². The topological polar surface area (TPSA) is 15.3 Å². The Balaban J connectivity index is 3.09. The van der Waals surface area contributed by atoms with E-state index in [2.05, 4.69) is 45.1 Å². The van der Waals surface area contributed by atoms with Gasteiger partial charge < -0.3 is 10.2 Å². The van der Waals surface area contributed by atoms with Crippen molar-refractivity contribution in [2.24, 2.45) is 0 Å². The molecule has 0 aromatic heterocycles. The highest BCUT2D eigenvalue weighted by atomic mass is 15.0. The second kappa shape index (κ2) is 6.39. The number of hydrogen-bond acceptors (Lipinski definition) is 2. The van der Waals surface area contributed by atoms with Gasteiger partial charge in [0.1, 0.15) is 0 Å². The molecule has 13 heavy (non-hydrogen) atoms. The summed E-state index contributed by atoms with van der Waals surface area (Å²) in [7, 11) is 4.26. The van der Waals surface area contributed by atoms with Crippen LogP contribution < -0.4 is 5.32 Å². The third kappa shape index (κ3) is 11.9. The fourth-order valence-electron chi connectivity index (χ4n) is 1.19. The molecule has 80 valence electrons. The Morgan fingerprint density at radius 2 is 1.62 bits per heavy atom. The van der Waals surface area contributed by atoms with Crippen molar-refractivity contribution in [3.63, 3.8) is 0 Å². The largest absolute Gasteiger partial charge is 0.312 e. The molecule has 0 aromatic rings. The first-order valence-corrected chi connectivity index (χ1v) is 5.31. The molecule has 0 aliphatic carbocycles. The summed E-state index contributed by atoms with van der Waals surface area (Å²) in [6, 6.07) is 0. The molecule has 0 aromatic carbocycles. The van der Waals surface area contributed by atoms with E-state index in [4.69, 9.17) is 0 Å². The molecular weight excluding hydrogens is 160 g/mol. The summed E-state index contributed by atoms with van der Waals surface area (Å²) in [5, 5.41) is 3.50. The zero-order chi connectivity index (χ0) is 10.3. The van der Waals surface area contributed by atoms with Gasteiger partial charge in [-0.05, 0) is 60.8 Å². The molecule has 0 fully saturated rings. The quantitative estimate of drug-likeness (QED) is 0.639. The Kier molecular flexibility index (Phi) is 6.35. The van der Waals surface area contributed by atoms with Crippen LogP contribution in [0.25, 0.3) is 0 Å². The fraction of sp³-hybridized carbons (Fsp3) is 1.00. The minimum atomic E-state index is 0.279. The molecule has 0 heterocycles. The first-order chi connectivity index (χ1) is 5.92. The van der Waals surface area contributed by atoms with Crippen LogP contribution in [0, 0.1) is 0 Å². The van der Waals surface area contributed by atoms with Gasteiger partial charge in [0, 0.05) is 5.54 Å². The molecular formula is C11H26N2. The lowest BCUT2D eigenvalue weighted by molar-refractivity contribution is 0.379. The normalized spacial score (nSPS) is 12.5. The highest BCUT2D eigenvalue weighted by molar-refractivity contribution is 4.69. The molecule has 2 nitrogen and oxygen atoms in total. The summed E-state index contributed by atoms with van der Waals surface area (Å²) in [5.74, 6) is 0. The number of nitrogens with zero attached hydrogens (tertiary/aromatic N) is 1. The van der Waals surface area contributed by atoms with E-state index in [0.717, 1.165) is 6.54 Å². The van der Waals surface area contributed by atoms with Crippen LogP contribution in [0.4, 0.5) is 0 Å². The summed E-state index contributed by atoms with van der Waals surface area (Å²) in [6.45, 7) is 9.01. The maximum Gasteiger partial charge on any atom is 0.00965 e. The Hall–Kier alpha value is -0.0800. The SMILES string of the molecule is CN(C)CCCCCNC(C)(C)C. The van der Waals surface area contributed by atoms with Gasteiger partial charge in [0.25, 0.3) is 0 Å². The van der Waals surface area contributed by atoms with Crippen LogP contribution in [-0.2, 0) is 0 Å².